The van der Waals surface area contributed by atoms with E-state index in [1.807, 2.05) is 23.7 Å². The largest absolute Gasteiger partial charge is 0.478 e. The molecule has 0 bridgehead atoms. The molecular weight excluding hydrogens is 236 g/mol. The summed E-state index contributed by atoms with van der Waals surface area (Å²) in [6.07, 6.45) is 0. The van der Waals surface area contributed by atoms with E-state index in [-0.39, 0.29) is 5.56 Å². The first-order chi connectivity index (χ1) is 8.06. The average molecular weight is 254 g/mol. The van der Waals surface area contributed by atoms with Crippen LogP contribution in [0.15, 0.2) is 18.2 Å². The second-order valence-electron chi connectivity index (χ2n) is 3.70. The van der Waals surface area contributed by atoms with Crippen molar-refractivity contribution in [3.05, 3.63) is 23.8 Å². The second-order valence-corrected chi connectivity index (χ2v) is 5.09. The molecule has 0 heterocycles. The van der Waals surface area contributed by atoms with Gasteiger partial charge in [0.05, 0.1) is 11.3 Å². The van der Waals surface area contributed by atoms with Crippen molar-refractivity contribution in [1.82, 2.24) is 0 Å². The van der Waals surface area contributed by atoms with E-state index >= 15 is 0 Å². The number of carboxylic acid groups (broad SMARTS) is 1. The van der Waals surface area contributed by atoms with E-state index in [0.717, 1.165) is 18.1 Å². The fourth-order valence-corrected chi connectivity index (χ4v) is 2.22. The average Bonchev–Trinajstić information content (AvgIpc) is 2.29. The van der Waals surface area contributed by atoms with Gasteiger partial charge in [0, 0.05) is 25.0 Å². The predicted molar refractivity (Wildman–Crippen MR) is 74.1 cm³/mol. The Hall–Kier alpha value is -1.36. The van der Waals surface area contributed by atoms with Gasteiger partial charge in [0.15, 0.2) is 0 Å². The monoisotopic (exact) mass is 254 g/mol. The third-order valence-corrected chi connectivity index (χ3v) is 3.32. The Labute approximate surface area is 106 Å². The van der Waals surface area contributed by atoms with E-state index in [1.54, 1.807) is 12.1 Å². The topological polar surface area (TPSA) is 66.6 Å². The van der Waals surface area contributed by atoms with Crippen molar-refractivity contribution < 1.29 is 9.90 Å². The molecule has 4 nitrogen and oxygen atoms in total. The van der Waals surface area contributed by atoms with Crippen LogP contribution in [0.25, 0.3) is 0 Å². The number of carbonyl (C=O) groups is 1. The Morgan fingerprint density at radius 1 is 1.53 bits per heavy atom. The van der Waals surface area contributed by atoms with Gasteiger partial charge >= 0.3 is 5.97 Å². The molecule has 0 radical (unpaired) electrons. The molecule has 0 aliphatic rings. The summed E-state index contributed by atoms with van der Waals surface area (Å²) in [5.74, 6) is 1.11. The number of nitrogens with two attached hydrogens (primary N) is 1. The van der Waals surface area contributed by atoms with E-state index in [0.29, 0.717) is 11.4 Å². The summed E-state index contributed by atoms with van der Waals surface area (Å²) in [4.78, 5) is 13.1. The molecule has 1 rings (SSSR count). The molecule has 0 amide bonds. The summed E-state index contributed by atoms with van der Waals surface area (Å²) in [6.45, 7) is 2.93. The third kappa shape index (κ3) is 3.85. The third-order valence-electron chi connectivity index (χ3n) is 2.44. The molecule has 0 spiro atoms. The SMILES string of the molecule is CCSCCN(C)c1ccc(N)cc1C(=O)O. The van der Waals surface area contributed by atoms with Crippen molar-refractivity contribution >= 4 is 29.1 Å². The second kappa shape index (κ2) is 6.39. The van der Waals surface area contributed by atoms with Gasteiger partial charge in [-0.1, -0.05) is 6.92 Å². The molecular formula is C12H18N2O2S. The first-order valence-electron chi connectivity index (χ1n) is 5.48. The smallest absolute Gasteiger partial charge is 0.337 e. The highest BCUT2D eigenvalue weighted by molar-refractivity contribution is 7.99. The van der Waals surface area contributed by atoms with Crippen molar-refractivity contribution in [1.29, 1.82) is 0 Å². The standard InChI is InChI=1S/C12H18N2O2S/c1-3-17-7-6-14(2)11-5-4-9(13)8-10(11)12(15)16/h4-5,8H,3,6-7,13H2,1-2H3,(H,15,16). The van der Waals surface area contributed by atoms with Crippen LogP contribution in [0.3, 0.4) is 0 Å². The summed E-state index contributed by atoms with van der Waals surface area (Å²) < 4.78 is 0. The lowest BCUT2D eigenvalue weighted by Gasteiger charge is -2.21. The van der Waals surface area contributed by atoms with Crippen molar-refractivity contribution in [3.8, 4) is 0 Å². The molecule has 0 saturated heterocycles. The zero-order valence-corrected chi connectivity index (χ0v) is 11.0. The number of thioether (sulfide) groups is 1. The molecule has 3 N–H and O–H groups in total. The van der Waals surface area contributed by atoms with Crippen LogP contribution in [0.5, 0.6) is 0 Å². The number of anilines is 2. The lowest BCUT2D eigenvalue weighted by molar-refractivity contribution is 0.0697. The highest BCUT2D eigenvalue weighted by Gasteiger charge is 2.13. The normalized spacial score (nSPS) is 10.2. The van der Waals surface area contributed by atoms with Gasteiger partial charge in [0.1, 0.15) is 0 Å². The van der Waals surface area contributed by atoms with Crippen LogP contribution in [0, 0.1) is 0 Å². The van der Waals surface area contributed by atoms with E-state index in [1.165, 1.54) is 6.07 Å². The molecule has 0 fully saturated rings. The summed E-state index contributed by atoms with van der Waals surface area (Å²) in [5, 5.41) is 9.12. The number of rotatable bonds is 6. The Morgan fingerprint density at radius 2 is 2.24 bits per heavy atom. The molecule has 0 saturated carbocycles. The van der Waals surface area contributed by atoms with E-state index in [4.69, 9.17) is 10.8 Å². The molecule has 0 aliphatic carbocycles. The van der Waals surface area contributed by atoms with Gasteiger partial charge in [-0.25, -0.2) is 4.79 Å². The van der Waals surface area contributed by atoms with Crippen LogP contribution in [0.4, 0.5) is 11.4 Å². The summed E-state index contributed by atoms with van der Waals surface area (Å²) in [6, 6.07) is 4.99. The fraction of sp³-hybridized carbons (Fsp3) is 0.417. The van der Waals surface area contributed by atoms with E-state index in [9.17, 15) is 4.79 Å². The Bertz CT molecular complexity index is 396. The molecule has 0 atom stereocenters. The van der Waals surface area contributed by atoms with Gasteiger partial charge in [-0.2, -0.15) is 11.8 Å². The van der Waals surface area contributed by atoms with Gasteiger partial charge in [-0.15, -0.1) is 0 Å². The van der Waals surface area contributed by atoms with Crippen molar-refractivity contribution in [2.75, 3.05) is 35.7 Å². The maximum atomic E-state index is 11.1. The minimum Gasteiger partial charge on any atom is -0.478 e. The highest BCUT2D eigenvalue weighted by Crippen LogP contribution is 2.22. The number of aromatic carboxylic acids is 1. The lowest BCUT2D eigenvalue weighted by Crippen LogP contribution is -2.22. The van der Waals surface area contributed by atoms with Gasteiger partial charge in [0.25, 0.3) is 0 Å². The molecule has 17 heavy (non-hydrogen) atoms. The number of hydrogen-bond acceptors (Lipinski definition) is 4. The van der Waals surface area contributed by atoms with Crippen molar-refractivity contribution in [3.63, 3.8) is 0 Å². The minimum absolute atomic E-state index is 0.258. The van der Waals surface area contributed by atoms with Crippen molar-refractivity contribution in [2.45, 2.75) is 6.92 Å². The van der Waals surface area contributed by atoms with Gasteiger partial charge in [-0.3, -0.25) is 0 Å². The number of benzene rings is 1. The molecule has 1 aromatic rings. The lowest BCUT2D eigenvalue weighted by atomic mass is 10.1. The molecule has 0 aliphatic heterocycles. The molecule has 1 aromatic carbocycles. The van der Waals surface area contributed by atoms with Crippen LogP contribution >= 0.6 is 11.8 Å². The molecule has 0 aromatic heterocycles. The van der Waals surface area contributed by atoms with Crippen LogP contribution in [-0.2, 0) is 0 Å². The van der Waals surface area contributed by atoms with E-state index in [2.05, 4.69) is 6.92 Å². The first kappa shape index (κ1) is 13.7. The maximum Gasteiger partial charge on any atom is 0.337 e. The summed E-state index contributed by atoms with van der Waals surface area (Å²) in [5.41, 5.74) is 7.05. The summed E-state index contributed by atoms with van der Waals surface area (Å²) >= 11 is 1.83. The maximum absolute atomic E-state index is 11.1. The van der Waals surface area contributed by atoms with Gasteiger partial charge in [0.2, 0.25) is 0 Å². The predicted octanol–water partition coefficient (Wildman–Crippen LogP) is 2.16. The zero-order chi connectivity index (χ0) is 12.8. The van der Waals surface area contributed by atoms with Crippen LogP contribution < -0.4 is 10.6 Å². The fourth-order valence-electron chi connectivity index (χ4n) is 1.52. The summed E-state index contributed by atoms with van der Waals surface area (Å²) in [7, 11) is 1.90. The van der Waals surface area contributed by atoms with Gasteiger partial charge < -0.3 is 15.7 Å². The zero-order valence-electron chi connectivity index (χ0n) is 10.1. The minimum atomic E-state index is -0.942. The van der Waals surface area contributed by atoms with Crippen molar-refractivity contribution in [2.24, 2.45) is 0 Å². The van der Waals surface area contributed by atoms with E-state index < -0.39 is 5.97 Å². The number of nitrogen functional groups attached to an aromatic ring is 1. The van der Waals surface area contributed by atoms with Crippen LogP contribution in [0.2, 0.25) is 0 Å². The Kier molecular flexibility index (Phi) is 5.15. The number of carboxylic acids is 1. The molecule has 5 heteroatoms. The quantitative estimate of drug-likeness (QED) is 0.601. The Morgan fingerprint density at radius 3 is 2.82 bits per heavy atom. The molecule has 94 valence electrons. The van der Waals surface area contributed by atoms with Crippen LogP contribution in [0.1, 0.15) is 17.3 Å². The first-order valence-corrected chi connectivity index (χ1v) is 6.63. The Balaban J connectivity index is 2.84. The van der Waals surface area contributed by atoms with Gasteiger partial charge in [-0.05, 0) is 24.0 Å². The van der Waals surface area contributed by atoms with Crippen LogP contribution in [-0.4, -0.2) is 36.2 Å². The highest BCUT2D eigenvalue weighted by atomic mass is 32.2. The number of hydrogen-bond donors (Lipinski definition) is 2. The number of nitrogens with zero attached hydrogens (tertiary/aromatic N) is 1. The molecule has 0 unspecified atom stereocenters.